The number of ether oxygens (including phenoxy) is 1. The number of hydrogen-bond donors (Lipinski definition) is 2. The molecule has 1 aliphatic carbocycles. The SMILES string of the molecule is COC(=O)NC1CCC(S(=O)(=O)N2CCC(C3CCN4NCC(C(=O)N5CC(C)CC(C)C5)C4C3)CC2)CC1. The smallest absolute Gasteiger partial charge is 0.407 e. The first-order chi connectivity index (χ1) is 18.7. The lowest BCUT2D eigenvalue weighted by atomic mass is 9.75. The highest BCUT2D eigenvalue weighted by Crippen LogP contribution is 2.40. The zero-order valence-electron chi connectivity index (χ0n) is 24.0. The van der Waals surface area contributed by atoms with E-state index in [1.807, 2.05) is 0 Å². The number of likely N-dealkylation sites (tertiary alicyclic amines) is 1. The Bertz CT molecular complexity index is 969. The van der Waals surface area contributed by atoms with Crippen LogP contribution in [0.15, 0.2) is 0 Å². The molecule has 1 saturated carbocycles. The van der Waals surface area contributed by atoms with E-state index in [1.165, 1.54) is 13.5 Å². The minimum Gasteiger partial charge on any atom is -0.453 e. The molecule has 0 aromatic heterocycles. The largest absolute Gasteiger partial charge is 0.453 e. The molecule has 0 bridgehead atoms. The summed E-state index contributed by atoms with van der Waals surface area (Å²) in [4.78, 5) is 27.2. The minimum atomic E-state index is -3.33. The van der Waals surface area contributed by atoms with Crippen molar-refractivity contribution in [3.8, 4) is 0 Å². The summed E-state index contributed by atoms with van der Waals surface area (Å²) in [7, 11) is -1.99. The number of hydrogen-bond acceptors (Lipinski definition) is 7. The monoisotopic (exact) mass is 567 g/mol. The van der Waals surface area contributed by atoms with Crippen molar-refractivity contribution >= 4 is 22.0 Å². The summed E-state index contributed by atoms with van der Waals surface area (Å²) in [5.74, 6) is 2.54. The van der Waals surface area contributed by atoms with Crippen molar-refractivity contribution in [2.24, 2.45) is 29.6 Å². The summed E-state index contributed by atoms with van der Waals surface area (Å²) in [6, 6.07) is 0.238. The van der Waals surface area contributed by atoms with Gasteiger partial charge in [-0.3, -0.25) is 10.2 Å². The van der Waals surface area contributed by atoms with Gasteiger partial charge in [-0.1, -0.05) is 13.8 Å². The lowest BCUT2D eigenvalue weighted by molar-refractivity contribution is -0.139. The van der Waals surface area contributed by atoms with E-state index in [0.29, 0.717) is 68.4 Å². The molecular formula is C28H49N5O5S. The van der Waals surface area contributed by atoms with Gasteiger partial charge in [-0.2, -0.15) is 0 Å². The third-order valence-corrected chi connectivity index (χ3v) is 12.7. The van der Waals surface area contributed by atoms with Crippen LogP contribution in [0.1, 0.15) is 71.6 Å². The molecule has 0 aromatic rings. The van der Waals surface area contributed by atoms with E-state index in [2.05, 4.69) is 39.2 Å². The van der Waals surface area contributed by atoms with Crippen molar-refractivity contribution in [1.82, 2.24) is 25.0 Å². The molecule has 222 valence electrons. The van der Waals surface area contributed by atoms with Crippen LogP contribution in [0.5, 0.6) is 0 Å². The third-order valence-electron chi connectivity index (χ3n) is 10.3. The number of methoxy groups -OCH3 is 1. The van der Waals surface area contributed by atoms with E-state index in [-0.39, 0.29) is 23.3 Å². The number of rotatable bonds is 5. The predicted molar refractivity (Wildman–Crippen MR) is 149 cm³/mol. The van der Waals surface area contributed by atoms with Crippen molar-refractivity contribution in [1.29, 1.82) is 0 Å². The Kier molecular flexibility index (Phi) is 9.10. The Morgan fingerprint density at radius 1 is 0.872 bits per heavy atom. The Labute approximate surface area is 234 Å². The second kappa shape index (κ2) is 12.2. The van der Waals surface area contributed by atoms with Crippen LogP contribution >= 0.6 is 0 Å². The Hall–Kier alpha value is -1.43. The molecule has 4 heterocycles. The summed E-state index contributed by atoms with van der Waals surface area (Å²) in [5, 5.41) is 4.77. The molecule has 5 atom stereocenters. The highest BCUT2D eigenvalue weighted by atomic mass is 32.2. The third kappa shape index (κ3) is 6.41. The molecule has 39 heavy (non-hydrogen) atoms. The van der Waals surface area contributed by atoms with Gasteiger partial charge >= 0.3 is 6.09 Å². The van der Waals surface area contributed by atoms with E-state index >= 15 is 0 Å². The van der Waals surface area contributed by atoms with Gasteiger partial charge in [0.15, 0.2) is 0 Å². The van der Waals surface area contributed by atoms with Crippen molar-refractivity contribution in [3.05, 3.63) is 0 Å². The van der Waals surface area contributed by atoms with Crippen LogP contribution in [0.4, 0.5) is 4.79 Å². The lowest BCUT2D eigenvalue weighted by Crippen LogP contribution is -2.52. The fourth-order valence-electron chi connectivity index (χ4n) is 8.26. The minimum absolute atomic E-state index is 0.0111. The number of hydrazine groups is 1. The number of carbonyl (C=O) groups excluding carboxylic acids is 2. The van der Waals surface area contributed by atoms with E-state index < -0.39 is 16.1 Å². The van der Waals surface area contributed by atoms with E-state index in [4.69, 9.17) is 0 Å². The maximum atomic E-state index is 13.6. The van der Waals surface area contributed by atoms with Gasteiger partial charge in [0.1, 0.15) is 0 Å². The Morgan fingerprint density at radius 3 is 2.15 bits per heavy atom. The molecule has 11 heteroatoms. The van der Waals surface area contributed by atoms with Gasteiger partial charge in [-0.25, -0.2) is 22.5 Å². The number of nitrogens with zero attached hydrogens (tertiary/aromatic N) is 3. The zero-order valence-corrected chi connectivity index (χ0v) is 24.8. The molecule has 4 aliphatic heterocycles. The fourth-order valence-corrected chi connectivity index (χ4v) is 10.3. The highest BCUT2D eigenvalue weighted by Gasteiger charge is 2.46. The fraction of sp³-hybridized carbons (Fsp3) is 0.929. The number of sulfonamides is 1. The summed E-state index contributed by atoms with van der Waals surface area (Å²) in [6.07, 6.45) is 7.18. The molecule has 0 radical (unpaired) electrons. The van der Waals surface area contributed by atoms with Crippen molar-refractivity contribution in [2.75, 3.05) is 46.4 Å². The van der Waals surface area contributed by atoms with Gasteiger partial charge in [0.2, 0.25) is 15.9 Å². The van der Waals surface area contributed by atoms with Crippen LogP contribution in [-0.4, -0.2) is 98.3 Å². The highest BCUT2D eigenvalue weighted by molar-refractivity contribution is 7.89. The predicted octanol–water partition coefficient (Wildman–Crippen LogP) is 2.41. The molecule has 5 unspecified atom stereocenters. The quantitative estimate of drug-likeness (QED) is 0.525. The topological polar surface area (TPSA) is 111 Å². The van der Waals surface area contributed by atoms with E-state index in [1.54, 1.807) is 4.31 Å². The Morgan fingerprint density at radius 2 is 1.51 bits per heavy atom. The Balaban J connectivity index is 1.12. The molecule has 4 saturated heterocycles. The second-order valence-corrected chi connectivity index (χ2v) is 15.3. The summed E-state index contributed by atoms with van der Waals surface area (Å²) in [6.45, 7) is 9.18. The molecule has 5 fully saturated rings. The number of amides is 2. The number of carbonyl (C=O) groups is 2. The maximum Gasteiger partial charge on any atom is 0.407 e. The first-order valence-electron chi connectivity index (χ1n) is 15.3. The normalized spacial score (nSPS) is 37.3. The summed E-state index contributed by atoms with van der Waals surface area (Å²) < 4.78 is 33.3. The van der Waals surface area contributed by atoms with Crippen LogP contribution in [0.2, 0.25) is 0 Å². The van der Waals surface area contributed by atoms with E-state index in [0.717, 1.165) is 51.9 Å². The van der Waals surface area contributed by atoms with Crippen LogP contribution in [-0.2, 0) is 19.6 Å². The van der Waals surface area contributed by atoms with Crippen LogP contribution < -0.4 is 10.7 Å². The average molecular weight is 568 g/mol. The molecule has 5 rings (SSSR count). The zero-order chi connectivity index (χ0) is 27.7. The molecule has 10 nitrogen and oxygen atoms in total. The van der Waals surface area contributed by atoms with Crippen molar-refractivity contribution in [2.45, 2.75) is 89.0 Å². The first kappa shape index (κ1) is 29.1. The average Bonchev–Trinajstić information content (AvgIpc) is 3.35. The van der Waals surface area contributed by atoms with Crippen LogP contribution in [0, 0.1) is 29.6 Å². The molecule has 0 spiro atoms. The van der Waals surface area contributed by atoms with Gasteiger partial charge in [-0.15, -0.1) is 0 Å². The number of piperidine rings is 3. The van der Waals surface area contributed by atoms with Crippen LogP contribution in [0.25, 0.3) is 0 Å². The summed E-state index contributed by atoms with van der Waals surface area (Å²) >= 11 is 0. The molecular weight excluding hydrogens is 518 g/mol. The van der Waals surface area contributed by atoms with Gasteiger partial charge in [0.05, 0.1) is 18.3 Å². The van der Waals surface area contributed by atoms with Gasteiger partial charge in [0, 0.05) is 51.4 Å². The first-order valence-corrected chi connectivity index (χ1v) is 16.8. The number of fused-ring (bicyclic) bond motifs is 1. The number of nitrogens with one attached hydrogen (secondary N) is 2. The molecule has 2 N–H and O–H groups in total. The summed E-state index contributed by atoms with van der Waals surface area (Å²) in [5.41, 5.74) is 3.52. The molecule has 5 aliphatic rings. The molecule has 2 amide bonds. The number of alkyl carbamates (subject to hydrolysis) is 1. The maximum absolute atomic E-state index is 13.6. The lowest BCUT2D eigenvalue weighted by Gasteiger charge is -2.43. The van der Waals surface area contributed by atoms with Gasteiger partial charge in [0.25, 0.3) is 0 Å². The van der Waals surface area contributed by atoms with Crippen molar-refractivity contribution in [3.63, 3.8) is 0 Å². The second-order valence-electron chi connectivity index (χ2n) is 13.1. The van der Waals surface area contributed by atoms with Gasteiger partial charge in [-0.05, 0) is 81.5 Å². The van der Waals surface area contributed by atoms with Gasteiger partial charge < -0.3 is 15.0 Å². The molecule has 0 aromatic carbocycles. The standard InChI is InChI=1S/C28H49N5O5S/c1-19-14-20(2)18-31(17-19)27(34)25-16-29-33-13-10-22(15-26(25)33)21-8-11-32(12-9-21)39(36,37)24-6-4-23(5-7-24)30-28(35)38-3/h19-26,29H,4-18H2,1-3H3,(H,30,35). The van der Waals surface area contributed by atoms with Crippen molar-refractivity contribution < 1.29 is 22.7 Å². The van der Waals surface area contributed by atoms with E-state index in [9.17, 15) is 18.0 Å². The van der Waals surface area contributed by atoms with Crippen LogP contribution in [0.3, 0.4) is 0 Å².